The third kappa shape index (κ3) is 4.32. The number of anilines is 3. The van der Waals surface area contributed by atoms with Crippen molar-refractivity contribution in [1.29, 1.82) is 0 Å². The van der Waals surface area contributed by atoms with Gasteiger partial charge in [0.25, 0.3) is 0 Å². The highest BCUT2D eigenvalue weighted by Gasteiger charge is 2.35. The molecule has 0 bridgehead atoms. The van der Waals surface area contributed by atoms with Crippen LogP contribution in [0.15, 0.2) is 152 Å². The minimum Gasteiger partial charge on any atom is -0.310 e. The summed E-state index contributed by atoms with van der Waals surface area (Å²) in [6.07, 6.45) is 1.97. The van der Waals surface area contributed by atoms with Crippen molar-refractivity contribution in [3.8, 4) is 11.1 Å². The summed E-state index contributed by atoms with van der Waals surface area (Å²) in [6.45, 7) is 4.65. The highest BCUT2D eigenvalue weighted by Crippen LogP contribution is 2.50. The Hall–Kier alpha value is -5.40. The molecule has 0 saturated heterocycles. The van der Waals surface area contributed by atoms with Gasteiger partial charge in [-0.3, -0.25) is 0 Å². The number of fused-ring (bicyclic) bond motifs is 6. The van der Waals surface area contributed by atoms with Crippen LogP contribution in [0.25, 0.3) is 44.8 Å². The van der Waals surface area contributed by atoms with E-state index in [1.807, 2.05) is 6.08 Å². The Labute approximate surface area is 260 Å². The van der Waals surface area contributed by atoms with Gasteiger partial charge in [0, 0.05) is 22.5 Å². The quantitative estimate of drug-likeness (QED) is 0.148. The van der Waals surface area contributed by atoms with Crippen molar-refractivity contribution in [3.05, 3.63) is 174 Å². The lowest BCUT2D eigenvalue weighted by molar-refractivity contribution is 0.660. The molecule has 0 saturated carbocycles. The van der Waals surface area contributed by atoms with Crippen LogP contribution in [0.3, 0.4) is 0 Å². The van der Waals surface area contributed by atoms with Gasteiger partial charge in [0.05, 0.1) is 1.37 Å². The third-order valence-corrected chi connectivity index (χ3v) is 9.15. The maximum absolute atomic E-state index is 9.13. The van der Waals surface area contributed by atoms with Crippen LogP contribution in [0.1, 0.15) is 37.5 Å². The minimum atomic E-state index is -0.0730. The first-order valence-electron chi connectivity index (χ1n) is 15.8. The Balaban J connectivity index is 1.19. The fraction of sp³-hybridized carbons (Fsp3) is 0.0698. The second kappa shape index (κ2) is 10.4. The van der Waals surface area contributed by atoms with E-state index in [1.54, 1.807) is 0 Å². The molecule has 0 amide bonds. The molecule has 0 fully saturated rings. The Morgan fingerprint density at radius 1 is 0.523 bits per heavy atom. The molecule has 0 radical (unpaired) electrons. The summed E-state index contributed by atoms with van der Waals surface area (Å²) in [6, 6.07) is 54.3. The lowest BCUT2D eigenvalue weighted by atomic mass is 9.82. The molecule has 7 aromatic rings. The van der Waals surface area contributed by atoms with Gasteiger partial charge in [0.1, 0.15) is 0 Å². The maximum Gasteiger partial charge on any atom is 0.0629 e. The third-order valence-electron chi connectivity index (χ3n) is 9.15. The Kier molecular flexibility index (Phi) is 5.94. The SMILES string of the molecule is [2H]/C(=C\c1ccc(N(c2ccccc2)c2ccc3c(c2)C(C)(C)c2ccccc2-3)cc1)c1cc2ccccc2c2ccccc12. The zero-order valence-electron chi connectivity index (χ0n) is 26.0. The summed E-state index contributed by atoms with van der Waals surface area (Å²) in [4.78, 5) is 2.32. The summed E-state index contributed by atoms with van der Waals surface area (Å²) >= 11 is 0. The highest BCUT2D eigenvalue weighted by atomic mass is 15.1. The van der Waals surface area contributed by atoms with Crippen LogP contribution < -0.4 is 4.90 Å². The smallest absolute Gasteiger partial charge is 0.0629 e. The van der Waals surface area contributed by atoms with Crippen LogP contribution in [-0.4, -0.2) is 0 Å². The van der Waals surface area contributed by atoms with Crippen molar-refractivity contribution in [1.82, 2.24) is 0 Å². The zero-order chi connectivity index (χ0) is 30.5. The first-order valence-corrected chi connectivity index (χ1v) is 15.3. The maximum atomic E-state index is 9.13. The van der Waals surface area contributed by atoms with Gasteiger partial charge in [0.15, 0.2) is 0 Å². The largest absolute Gasteiger partial charge is 0.310 e. The van der Waals surface area contributed by atoms with E-state index in [-0.39, 0.29) is 5.41 Å². The lowest BCUT2D eigenvalue weighted by Crippen LogP contribution is -2.16. The van der Waals surface area contributed by atoms with Crippen LogP contribution in [0.2, 0.25) is 0 Å². The average Bonchev–Trinajstić information content (AvgIpc) is 3.31. The molecular formula is C43H33N. The fourth-order valence-corrected chi connectivity index (χ4v) is 6.91. The number of nitrogens with zero attached hydrogens (tertiary/aromatic N) is 1. The molecule has 8 rings (SSSR count). The van der Waals surface area contributed by atoms with Crippen molar-refractivity contribution in [2.75, 3.05) is 4.90 Å². The van der Waals surface area contributed by atoms with E-state index >= 15 is 0 Å². The predicted octanol–water partition coefficient (Wildman–Crippen LogP) is 11.9. The van der Waals surface area contributed by atoms with E-state index < -0.39 is 0 Å². The number of hydrogen-bond acceptors (Lipinski definition) is 1. The molecule has 0 unspecified atom stereocenters. The summed E-state index contributed by atoms with van der Waals surface area (Å²) in [7, 11) is 0. The number of rotatable bonds is 5. The second-order valence-corrected chi connectivity index (χ2v) is 12.1. The molecule has 0 spiro atoms. The monoisotopic (exact) mass is 564 g/mol. The van der Waals surface area contributed by atoms with Gasteiger partial charge < -0.3 is 4.90 Å². The van der Waals surface area contributed by atoms with Gasteiger partial charge in [0.2, 0.25) is 0 Å². The summed E-state index contributed by atoms with van der Waals surface area (Å²) in [5.41, 5.74) is 10.6. The molecule has 0 heterocycles. The first kappa shape index (κ1) is 25.1. The minimum absolute atomic E-state index is 0.0730. The molecule has 0 aromatic heterocycles. The van der Waals surface area contributed by atoms with Crippen molar-refractivity contribution in [2.24, 2.45) is 0 Å². The van der Waals surface area contributed by atoms with Crippen LogP contribution in [0.5, 0.6) is 0 Å². The van der Waals surface area contributed by atoms with E-state index in [9.17, 15) is 0 Å². The van der Waals surface area contributed by atoms with Crippen molar-refractivity contribution < 1.29 is 1.37 Å². The van der Waals surface area contributed by atoms with Crippen LogP contribution in [-0.2, 0) is 5.41 Å². The molecular weight excluding hydrogens is 530 g/mol. The summed E-state index contributed by atoms with van der Waals surface area (Å²) < 4.78 is 9.13. The topological polar surface area (TPSA) is 3.24 Å². The van der Waals surface area contributed by atoms with Crippen molar-refractivity contribution in [3.63, 3.8) is 0 Å². The molecule has 1 aliphatic carbocycles. The van der Waals surface area contributed by atoms with E-state index in [4.69, 9.17) is 1.37 Å². The molecule has 0 aliphatic heterocycles. The molecule has 210 valence electrons. The Bertz CT molecular complexity index is 2240. The van der Waals surface area contributed by atoms with Crippen LogP contribution in [0.4, 0.5) is 17.1 Å². The highest BCUT2D eigenvalue weighted by molar-refractivity contribution is 6.11. The summed E-state index contributed by atoms with van der Waals surface area (Å²) in [5, 5.41) is 4.65. The average molecular weight is 565 g/mol. The van der Waals surface area contributed by atoms with Gasteiger partial charge in [-0.15, -0.1) is 0 Å². The molecule has 0 atom stereocenters. The Morgan fingerprint density at radius 2 is 1.14 bits per heavy atom. The lowest BCUT2D eigenvalue weighted by Gasteiger charge is -2.28. The van der Waals surface area contributed by atoms with Crippen LogP contribution >= 0.6 is 0 Å². The van der Waals surface area contributed by atoms with Gasteiger partial charge in [-0.2, -0.15) is 0 Å². The number of hydrogen-bond donors (Lipinski definition) is 0. The zero-order valence-corrected chi connectivity index (χ0v) is 25.0. The van der Waals surface area contributed by atoms with Gasteiger partial charge in [-0.05, 0) is 97.4 Å². The standard InChI is InChI=1S/C43H33N/c1-43(2)41-19-11-10-18-39(41)40-27-26-35(29-42(40)43)44(33-13-4-3-5-14-33)34-24-21-30(22-25-34)20-23-32-28-31-12-6-7-15-36(31)38-17-9-8-16-37(32)38/h3-29H,1-2H3/b23-20+/i23D. The normalized spacial score (nSPS) is 13.9. The van der Waals surface area contributed by atoms with Crippen molar-refractivity contribution in [2.45, 2.75) is 19.3 Å². The van der Waals surface area contributed by atoms with E-state index in [2.05, 4.69) is 170 Å². The Morgan fingerprint density at radius 3 is 1.95 bits per heavy atom. The molecule has 1 nitrogen and oxygen atoms in total. The molecule has 1 heteroatoms. The van der Waals surface area contributed by atoms with E-state index in [0.29, 0.717) is 6.05 Å². The molecule has 1 aliphatic rings. The van der Waals surface area contributed by atoms with Crippen molar-refractivity contribution >= 4 is 50.7 Å². The van der Waals surface area contributed by atoms with Gasteiger partial charge in [-0.1, -0.05) is 135 Å². The van der Waals surface area contributed by atoms with Crippen LogP contribution in [0, 0.1) is 0 Å². The second-order valence-electron chi connectivity index (χ2n) is 12.1. The molecule has 44 heavy (non-hydrogen) atoms. The van der Waals surface area contributed by atoms with E-state index in [1.165, 1.54) is 33.0 Å². The number of para-hydroxylation sites is 1. The van der Waals surface area contributed by atoms with Gasteiger partial charge in [-0.25, -0.2) is 0 Å². The molecule has 0 N–H and O–H groups in total. The van der Waals surface area contributed by atoms with Gasteiger partial charge >= 0.3 is 0 Å². The van der Waals surface area contributed by atoms with E-state index in [0.717, 1.165) is 39.0 Å². The molecule has 7 aromatic carbocycles. The number of benzene rings is 7. The summed E-state index contributed by atoms with van der Waals surface area (Å²) in [5.74, 6) is 0. The first-order chi connectivity index (χ1) is 22.0. The predicted molar refractivity (Wildman–Crippen MR) is 189 cm³/mol. The fourth-order valence-electron chi connectivity index (χ4n) is 6.91.